The summed E-state index contributed by atoms with van der Waals surface area (Å²) in [6.07, 6.45) is 1.63. The molecule has 0 bridgehead atoms. The van der Waals surface area contributed by atoms with Gasteiger partial charge in [-0.1, -0.05) is 0 Å². The fourth-order valence-electron chi connectivity index (χ4n) is 1.70. The highest BCUT2D eigenvalue weighted by atomic mass is 32.2. The van der Waals surface area contributed by atoms with Crippen molar-refractivity contribution in [1.82, 2.24) is 5.32 Å². The largest absolute Gasteiger partial charge is 0.385 e. The Morgan fingerprint density at radius 3 is 2.75 bits per heavy atom. The van der Waals surface area contributed by atoms with Crippen molar-refractivity contribution in [3.8, 4) is 0 Å². The smallest absolute Gasteiger partial charge is 0.151 e. The first-order chi connectivity index (χ1) is 7.64. The third-order valence-electron chi connectivity index (χ3n) is 2.55. The Morgan fingerprint density at radius 1 is 1.31 bits per heavy atom. The van der Waals surface area contributed by atoms with Crippen LogP contribution < -0.4 is 5.32 Å². The van der Waals surface area contributed by atoms with Gasteiger partial charge in [0.05, 0.1) is 18.1 Å². The lowest BCUT2D eigenvalue weighted by Gasteiger charge is -2.10. The van der Waals surface area contributed by atoms with Gasteiger partial charge in [-0.15, -0.1) is 0 Å². The lowest BCUT2D eigenvalue weighted by atomic mass is 10.3. The molecule has 0 spiro atoms. The highest BCUT2D eigenvalue weighted by Crippen LogP contribution is 2.10. The molecule has 1 N–H and O–H groups in total. The van der Waals surface area contributed by atoms with Crippen LogP contribution in [0.3, 0.4) is 0 Å². The third-order valence-corrected chi connectivity index (χ3v) is 4.32. The summed E-state index contributed by atoms with van der Waals surface area (Å²) in [6.45, 7) is 2.75. The molecule has 0 aromatic heterocycles. The summed E-state index contributed by atoms with van der Waals surface area (Å²) in [6, 6.07) is 0.118. The monoisotopic (exact) mass is 251 g/mol. The summed E-state index contributed by atoms with van der Waals surface area (Å²) < 4.78 is 32.6. The predicted molar refractivity (Wildman–Crippen MR) is 62.4 cm³/mol. The van der Waals surface area contributed by atoms with Crippen molar-refractivity contribution in [2.45, 2.75) is 18.9 Å². The van der Waals surface area contributed by atoms with Gasteiger partial charge >= 0.3 is 0 Å². The van der Waals surface area contributed by atoms with Gasteiger partial charge in [0.25, 0.3) is 0 Å². The third kappa shape index (κ3) is 5.79. The first kappa shape index (κ1) is 13.9. The number of ether oxygens (including phenoxy) is 2. The molecule has 1 fully saturated rings. The number of methoxy groups -OCH3 is 1. The lowest BCUT2D eigenvalue weighted by molar-refractivity contribution is 0.103. The van der Waals surface area contributed by atoms with E-state index in [0.717, 1.165) is 12.8 Å². The van der Waals surface area contributed by atoms with Crippen LogP contribution in [0.4, 0.5) is 0 Å². The van der Waals surface area contributed by atoms with E-state index in [0.29, 0.717) is 32.1 Å². The van der Waals surface area contributed by atoms with Gasteiger partial charge in [0.1, 0.15) is 0 Å². The molecule has 0 saturated carbocycles. The maximum atomic E-state index is 11.2. The van der Waals surface area contributed by atoms with E-state index in [2.05, 4.69) is 5.32 Å². The number of nitrogens with one attached hydrogen (secondary N) is 1. The van der Waals surface area contributed by atoms with Crippen molar-refractivity contribution in [2.24, 2.45) is 0 Å². The second-order valence-electron chi connectivity index (χ2n) is 4.01. The quantitative estimate of drug-likeness (QED) is 0.606. The van der Waals surface area contributed by atoms with E-state index < -0.39 is 9.84 Å². The van der Waals surface area contributed by atoms with Crippen LogP contribution in [0.5, 0.6) is 0 Å². The van der Waals surface area contributed by atoms with Gasteiger partial charge in [0.2, 0.25) is 0 Å². The van der Waals surface area contributed by atoms with Crippen LogP contribution in [-0.2, 0) is 19.3 Å². The van der Waals surface area contributed by atoms with E-state index in [4.69, 9.17) is 9.47 Å². The van der Waals surface area contributed by atoms with Crippen LogP contribution in [0.25, 0.3) is 0 Å². The van der Waals surface area contributed by atoms with Crippen molar-refractivity contribution in [1.29, 1.82) is 0 Å². The van der Waals surface area contributed by atoms with E-state index >= 15 is 0 Å². The van der Waals surface area contributed by atoms with Crippen LogP contribution in [0.1, 0.15) is 12.8 Å². The number of rotatable bonds is 8. The molecule has 5 nitrogen and oxygen atoms in total. The minimum atomic E-state index is -2.77. The van der Waals surface area contributed by atoms with Gasteiger partial charge in [0, 0.05) is 32.9 Å². The number of hydrogen-bond acceptors (Lipinski definition) is 5. The van der Waals surface area contributed by atoms with Crippen molar-refractivity contribution in [3.63, 3.8) is 0 Å². The highest BCUT2D eigenvalue weighted by molar-refractivity contribution is 7.91. The summed E-state index contributed by atoms with van der Waals surface area (Å²) in [7, 11) is -1.10. The zero-order valence-corrected chi connectivity index (χ0v) is 10.6. The standard InChI is InChI=1S/C10H21NO4S/c1-14-5-2-6-15-7-4-11-10-3-8-16(12,13)9-10/h10-11H,2-9H2,1H3. The molecule has 1 saturated heterocycles. The summed E-state index contributed by atoms with van der Waals surface area (Å²) in [5.74, 6) is 0.593. The molecule has 0 radical (unpaired) electrons. The molecule has 1 aliphatic rings. The predicted octanol–water partition coefficient (Wildman–Crippen LogP) is -0.184. The first-order valence-electron chi connectivity index (χ1n) is 5.64. The molecule has 1 atom stereocenters. The molecule has 1 rings (SSSR count). The molecule has 96 valence electrons. The Hall–Kier alpha value is -0.170. The summed E-state index contributed by atoms with van der Waals surface area (Å²) >= 11 is 0. The number of hydrogen-bond donors (Lipinski definition) is 1. The first-order valence-corrected chi connectivity index (χ1v) is 7.47. The molecule has 6 heteroatoms. The lowest BCUT2D eigenvalue weighted by Crippen LogP contribution is -2.32. The Bertz CT molecular complexity index is 279. The summed E-state index contributed by atoms with van der Waals surface area (Å²) in [5, 5.41) is 3.19. The van der Waals surface area contributed by atoms with E-state index in [9.17, 15) is 8.42 Å². The average molecular weight is 251 g/mol. The van der Waals surface area contributed by atoms with Crippen molar-refractivity contribution < 1.29 is 17.9 Å². The van der Waals surface area contributed by atoms with Crippen LogP contribution in [0.2, 0.25) is 0 Å². The van der Waals surface area contributed by atoms with Gasteiger partial charge in [-0.25, -0.2) is 8.42 Å². The molecule has 1 aliphatic heterocycles. The van der Waals surface area contributed by atoms with E-state index in [1.54, 1.807) is 7.11 Å². The van der Waals surface area contributed by atoms with Gasteiger partial charge < -0.3 is 14.8 Å². The second kappa shape index (κ2) is 7.21. The number of sulfone groups is 1. The van der Waals surface area contributed by atoms with Crippen molar-refractivity contribution in [2.75, 3.05) is 45.0 Å². The van der Waals surface area contributed by atoms with Gasteiger partial charge in [-0.05, 0) is 12.8 Å². The molecule has 16 heavy (non-hydrogen) atoms. The molecule has 1 unspecified atom stereocenters. The molecule has 0 aliphatic carbocycles. The molecule has 0 aromatic rings. The minimum absolute atomic E-state index is 0.118. The highest BCUT2D eigenvalue weighted by Gasteiger charge is 2.26. The summed E-state index contributed by atoms with van der Waals surface area (Å²) in [5.41, 5.74) is 0. The topological polar surface area (TPSA) is 64.6 Å². The Kier molecular flexibility index (Phi) is 6.26. The van der Waals surface area contributed by atoms with Crippen LogP contribution in [-0.4, -0.2) is 59.4 Å². The maximum Gasteiger partial charge on any atom is 0.151 e. The zero-order chi connectivity index (χ0) is 11.9. The summed E-state index contributed by atoms with van der Waals surface area (Å²) in [4.78, 5) is 0. The fraction of sp³-hybridized carbons (Fsp3) is 1.00. The van der Waals surface area contributed by atoms with Crippen LogP contribution in [0, 0.1) is 0 Å². The van der Waals surface area contributed by atoms with Crippen LogP contribution >= 0.6 is 0 Å². The zero-order valence-electron chi connectivity index (χ0n) is 9.78. The van der Waals surface area contributed by atoms with Crippen molar-refractivity contribution in [3.05, 3.63) is 0 Å². The molecule has 0 aromatic carbocycles. The maximum absolute atomic E-state index is 11.2. The van der Waals surface area contributed by atoms with E-state index in [1.807, 2.05) is 0 Å². The molecular formula is C10H21NO4S. The normalized spacial score (nSPS) is 23.7. The average Bonchev–Trinajstić information content (AvgIpc) is 2.57. The molecule has 1 heterocycles. The van der Waals surface area contributed by atoms with Gasteiger partial charge in [0.15, 0.2) is 9.84 Å². The van der Waals surface area contributed by atoms with E-state index in [1.165, 1.54) is 0 Å². The fourth-order valence-corrected chi connectivity index (χ4v) is 3.41. The SMILES string of the molecule is COCCCOCCNC1CCS(=O)(=O)C1. The Labute approximate surface area is 97.4 Å². The second-order valence-corrected chi connectivity index (χ2v) is 6.24. The molecular weight excluding hydrogens is 230 g/mol. The van der Waals surface area contributed by atoms with Gasteiger partial charge in [-0.2, -0.15) is 0 Å². The Morgan fingerprint density at radius 2 is 2.12 bits per heavy atom. The Balaban J connectivity index is 1.92. The molecule has 0 amide bonds. The van der Waals surface area contributed by atoms with Gasteiger partial charge in [-0.3, -0.25) is 0 Å². The van der Waals surface area contributed by atoms with Crippen LogP contribution in [0.15, 0.2) is 0 Å². The van der Waals surface area contributed by atoms with E-state index in [-0.39, 0.29) is 11.8 Å². The van der Waals surface area contributed by atoms with Crippen molar-refractivity contribution >= 4 is 9.84 Å². The minimum Gasteiger partial charge on any atom is -0.385 e.